The Labute approximate surface area is 162 Å². The topological polar surface area (TPSA) is 28.7 Å². The molecule has 0 radical (unpaired) electrons. The van der Waals surface area contributed by atoms with Crippen LogP contribution in [0.4, 0.5) is 0 Å². The van der Waals surface area contributed by atoms with Crippen LogP contribution in [-0.2, 0) is 0 Å². The zero-order valence-electron chi connectivity index (χ0n) is 17.0. The fourth-order valence-electron chi connectivity index (χ4n) is 3.87. The number of benzene rings is 2. The van der Waals surface area contributed by atoms with Gasteiger partial charge in [0.25, 0.3) is 0 Å². The van der Waals surface area contributed by atoms with E-state index < -0.39 is 0 Å². The van der Waals surface area contributed by atoms with Crippen LogP contribution in [-0.4, -0.2) is 4.57 Å². The highest BCUT2D eigenvalue weighted by atomic mass is 15.0. The highest BCUT2D eigenvalue weighted by Crippen LogP contribution is 2.29. The molecule has 1 heterocycles. The van der Waals surface area contributed by atoms with Gasteiger partial charge in [0.2, 0.25) is 0 Å². The van der Waals surface area contributed by atoms with Gasteiger partial charge in [-0.1, -0.05) is 47.5 Å². The van der Waals surface area contributed by atoms with Crippen molar-refractivity contribution < 1.29 is 0 Å². The molecule has 0 aliphatic heterocycles. The second-order valence-electron chi connectivity index (χ2n) is 7.45. The van der Waals surface area contributed by atoms with Crippen molar-refractivity contribution in [1.29, 1.82) is 5.26 Å². The Morgan fingerprint density at radius 1 is 0.852 bits per heavy atom. The monoisotopic (exact) mass is 354 g/mol. The first-order valence-corrected chi connectivity index (χ1v) is 9.28. The number of aryl methyl sites for hydroxylation is 5. The van der Waals surface area contributed by atoms with E-state index in [1.54, 1.807) is 0 Å². The number of hydrogen-bond donors (Lipinski definition) is 0. The molecule has 27 heavy (non-hydrogen) atoms. The van der Waals surface area contributed by atoms with E-state index in [0.29, 0.717) is 5.57 Å². The maximum Gasteiger partial charge on any atom is 0.0998 e. The fraction of sp³-hybridized carbons (Fsp3) is 0.240. The van der Waals surface area contributed by atoms with Gasteiger partial charge in [0.05, 0.1) is 17.3 Å². The summed E-state index contributed by atoms with van der Waals surface area (Å²) < 4.78 is 2.31. The summed E-state index contributed by atoms with van der Waals surface area (Å²) in [5.41, 5.74) is 11.3. The third-order valence-electron chi connectivity index (χ3n) is 5.11. The zero-order chi connectivity index (χ0) is 19.7. The molecule has 0 aliphatic rings. The van der Waals surface area contributed by atoms with E-state index in [-0.39, 0.29) is 0 Å². The summed E-state index contributed by atoms with van der Waals surface area (Å²) in [5, 5.41) is 9.69. The largest absolute Gasteiger partial charge is 0.317 e. The molecular formula is C25H26N2. The minimum absolute atomic E-state index is 0.688. The molecule has 2 heteroatoms. The third kappa shape index (κ3) is 3.59. The SMILES string of the molecule is Cc1ccc(/C(C#N)=C\c2cc(C)n(-c3c(C)cc(C)cc3C)c2C)cc1. The summed E-state index contributed by atoms with van der Waals surface area (Å²) in [4.78, 5) is 0. The Balaban J connectivity index is 2.14. The first-order chi connectivity index (χ1) is 12.8. The Morgan fingerprint density at radius 3 is 2.00 bits per heavy atom. The van der Waals surface area contributed by atoms with Gasteiger partial charge in [0, 0.05) is 11.4 Å². The van der Waals surface area contributed by atoms with Gasteiger partial charge in [0.1, 0.15) is 0 Å². The number of rotatable bonds is 3. The quantitative estimate of drug-likeness (QED) is 0.501. The van der Waals surface area contributed by atoms with E-state index in [0.717, 1.165) is 16.8 Å². The standard InChI is InChI=1S/C25H26N2/c1-16-7-9-22(10-8-16)24(15-26)14-23-13-20(5)27(21(23)6)25-18(3)11-17(2)12-19(25)4/h7-14H,1-6H3/b24-14-. The van der Waals surface area contributed by atoms with Crippen LogP contribution in [0.5, 0.6) is 0 Å². The van der Waals surface area contributed by atoms with Crippen molar-refractivity contribution in [2.24, 2.45) is 0 Å². The Kier molecular flexibility index (Phi) is 5.06. The molecule has 3 rings (SSSR count). The van der Waals surface area contributed by atoms with Crippen molar-refractivity contribution >= 4 is 11.6 Å². The van der Waals surface area contributed by atoms with Gasteiger partial charge in [-0.05, 0) is 75.9 Å². The molecule has 3 aromatic rings. The zero-order valence-corrected chi connectivity index (χ0v) is 17.0. The maximum atomic E-state index is 9.69. The van der Waals surface area contributed by atoms with Crippen LogP contribution in [0.15, 0.2) is 42.5 Å². The summed E-state index contributed by atoms with van der Waals surface area (Å²) in [6.45, 7) is 12.8. The average Bonchev–Trinajstić information content (AvgIpc) is 2.87. The Morgan fingerprint density at radius 2 is 1.44 bits per heavy atom. The molecule has 0 spiro atoms. The lowest BCUT2D eigenvalue weighted by Crippen LogP contribution is -2.04. The van der Waals surface area contributed by atoms with Crippen molar-refractivity contribution in [1.82, 2.24) is 4.57 Å². The molecule has 0 saturated heterocycles. The van der Waals surface area contributed by atoms with E-state index in [1.807, 2.05) is 30.3 Å². The first-order valence-electron chi connectivity index (χ1n) is 9.28. The molecule has 0 N–H and O–H groups in total. The molecule has 2 nitrogen and oxygen atoms in total. The van der Waals surface area contributed by atoms with E-state index in [1.165, 1.54) is 33.6 Å². The van der Waals surface area contributed by atoms with Gasteiger partial charge >= 0.3 is 0 Å². The van der Waals surface area contributed by atoms with Crippen LogP contribution in [0.2, 0.25) is 0 Å². The number of allylic oxidation sites excluding steroid dienone is 1. The maximum absolute atomic E-state index is 9.69. The van der Waals surface area contributed by atoms with Gasteiger partial charge in [-0.25, -0.2) is 0 Å². The normalized spacial score (nSPS) is 11.5. The van der Waals surface area contributed by atoms with Crippen molar-refractivity contribution in [3.63, 3.8) is 0 Å². The van der Waals surface area contributed by atoms with Crippen LogP contribution in [0, 0.1) is 52.9 Å². The average molecular weight is 354 g/mol. The number of nitriles is 1. The molecule has 0 saturated carbocycles. The molecule has 0 unspecified atom stereocenters. The minimum Gasteiger partial charge on any atom is -0.317 e. The molecule has 1 aromatic heterocycles. The second kappa shape index (κ2) is 7.29. The van der Waals surface area contributed by atoms with Gasteiger partial charge in [-0.3, -0.25) is 0 Å². The molecule has 0 bridgehead atoms. The molecular weight excluding hydrogens is 328 g/mol. The van der Waals surface area contributed by atoms with E-state index >= 15 is 0 Å². The molecule has 0 aliphatic carbocycles. The predicted octanol–water partition coefficient (Wildman–Crippen LogP) is 6.39. The molecule has 136 valence electrons. The van der Waals surface area contributed by atoms with Crippen molar-refractivity contribution in [2.45, 2.75) is 41.5 Å². The van der Waals surface area contributed by atoms with Gasteiger partial charge in [0.15, 0.2) is 0 Å². The van der Waals surface area contributed by atoms with Crippen LogP contribution < -0.4 is 0 Å². The lowest BCUT2D eigenvalue weighted by molar-refractivity contribution is 0.941. The Bertz CT molecular complexity index is 1050. The van der Waals surface area contributed by atoms with Crippen LogP contribution in [0.1, 0.15) is 44.8 Å². The summed E-state index contributed by atoms with van der Waals surface area (Å²) in [5.74, 6) is 0. The number of hydrogen-bond acceptors (Lipinski definition) is 1. The smallest absolute Gasteiger partial charge is 0.0998 e. The van der Waals surface area contributed by atoms with Gasteiger partial charge in [-0.15, -0.1) is 0 Å². The van der Waals surface area contributed by atoms with Crippen LogP contribution in [0.3, 0.4) is 0 Å². The van der Waals surface area contributed by atoms with E-state index in [9.17, 15) is 5.26 Å². The summed E-state index contributed by atoms with van der Waals surface area (Å²) in [6.07, 6.45) is 2.00. The molecule has 0 fully saturated rings. The summed E-state index contributed by atoms with van der Waals surface area (Å²) in [7, 11) is 0. The minimum atomic E-state index is 0.688. The number of nitrogens with zero attached hydrogens (tertiary/aromatic N) is 2. The molecule has 2 aromatic carbocycles. The first kappa shape index (κ1) is 18.7. The highest BCUT2D eigenvalue weighted by molar-refractivity contribution is 5.90. The van der Waals surface area contributed by atoms with Gasteiger partial charge in [-0.2, -0.15) is 5.26 Å². The van der Waals surface area contributed by atoms with Crippen molar-refractivity contribution in [3.8, 4) is 11.8 Å². The molecule has 0 atom stereocenters. The summed E-state index contributed by atoms with van der Waals surface area (Å²) in [6, 6.07) is 17.1. The van der Waals surface area contributed by atoms with E-state index in [2.05, 4.69) is 70.4 Å². The molecule has 0 amide bonds. The van der Waals surface area contributed by atoms with Crippen molar-refractivity contribution in [3.05, 3.63) is 87.2 Å². The van der Waals surface area contributed by atoms with Gasteiger partial charge < -0.3 is 4.57 Å². The second-order valence-corrected chi connectivity index (χ2v) is 7.45. The lowest BCUT2D eigenvalue weighted by atomic mass is 10.0. The summed E-state index contributed by atoms with van der Waals surface area (Å²) >= 11 is 0. The highest BCUT2D eigenvalue weighted by Gasteiger charge is 2.14. The van der Waals surface area contributed by atoms with Crippen LogP contribution in [0.25, 0.3) is 17.3 Å². The van der Waals surface area contributed by atoms with E-state index in [4.69, 9.17) is 0 Å². The third-order valence-corrected chi connectivity index (χ3v) is 5.11. The Hall–Kier alpha value is -3.05. The van der Waals surface area contributed by atoms with Crippen molar-refractivity contribution in [2.75, 3.05) is 0 Å². The lowest BCUT2D eigenvalue weighted by Gasteiger charge is -2.17. The fourth-order valence-corrected chi connectivity index (χ4v) is 3.87. The predicted molar refractivity (Wildman–Crippen MR) is 114 cm³/mol. The van der Waals surface area contributed by atoms with Crippen LogP contribution >= 0.6 is 0 Å². The number of aromatic nitrogens is 1.